The molecule has 5 atom stereocenters. The van der Waals surface area contributed by atoms with Crippen molar-refractivity contribution in [3.05, 3.63) is 23.8 Å². The molecule has 32 heavy (non-hydrogen) atoms. The van der Waals surface area contributed by atoms with Crippen molar-refractivity contribution < 1.29 is 15.0 Å². The van der Waals surface area contributed by atoms with Crippen LogP contribution in [-0.4, -0.2) is 45.3 Å². The molecular formula is C28H49NO3. The minimum Gasteiger partial charge on any atom is -0.392 e. The predicted molar refractivity (Wildman–Crippen MR) is 133 cm³/mol. The molecule has 0 aromatic heterocycles. The molecule has 2 aliphatic rings. The van der Waals surface area contributed by atoms with Crippen molar-refractivity contribution in [2.75, 3.05) is 7.05 Å². The molecule has 1 saturated carbocycles. The highest BCUT2D eigenvalue weighted by molar-refractivity contribution is 5.76. The van der Waals surface area contributed by atoms with Gasteiger partial charge in [-0.1, -0.05) is 50.0 Å². The van der Waals surface area contributed by atoms with Crippen LogP contribution in [0.2, 0.25) is 0 Å². The van der Waals surface area contributed by atoms with E-state index in [1.165, 1.54) is 0 Å². The fraction of sp³-hybridized carbons (Fsp3) is 0.821. The molecule has 0 saturated heterocycles. The summed E-state index contributed by atoms with van der Waals surface area (Å²) in [6.45, 7) is 10.3. The Balaban J connectivity index is 1.73. The SMILES string of the molecule is CCCC[C@](C)(O)C/C=C/[C@@H]1[C@H]2CC(CCCCCC(=O)N(C)C(C)(C)C)=C[C@H]2C[C@H]1O. The first-order chi connectivity index (χ1) is 14.9. The fourth-order valence-electron chi connectivity index (χ4n) is 5.28. The first-order valence-electron chi connectivity index (χ1n) is 13.0. The summed E-state index contributed by atoms with van der Waals surface area (Å²) in [5, 5.41) is 21.1. The predicted octanol–water partition coefficient (Wildman–Crippen LogP) is 6.02. The summed E-state index contributed by atoms with van der Waals surface area (Å²) in [7, 11) is 1.90. The molecule has 2 N–H and O–H groups in total. The monoisotopic (exact) mass is 447 g/mol. The first-order valence-corrected chi connectivity index (χ1v) is 13.0. The third kappa shape index (κ3) is 8.02. The molecule has 0 aromatic carbocycles. The van der Waals surface area contributed by atoms with Gasteiger partial charge in [0.2, 0.25) is 5.91 Å². The number of unbranched alkanes of at least 4 members (excludes halogenated alkanes) is 3. The van der Waals surface area contributed by atoms with Crippen LogP contribution in [0.1, 0.15) is 105 Å². The van der Waals surface area contributed by atoms with E-state index in [4.69, 9.17) is 0 Å². The number of hydrogen-bond donors (Lipinski definition) is 2. The van der Waals surface area contributed by atoms with Gasteiger partial charge < -0.3 is 15.1 Å². The van der Waals surface area contributed by atoms with E-state index in [1.54, 1.807) is 5.57 Å². The molecule has 0 spiro atoms. The summed E-state index contributed by atoms with van der Waals surface area (Å²) in [4.78, 5) is 14.1. The van der Waals surface area contributed by atoms with E-state index in [-0.39, 0.29) is 23.5 Å². The second-order valence-corrected chi connectivity index (χ2v) is 11.7. The maximum absolute atomic E-state index is 12.3. The summed E-state index contributed by atoms with van der Waals surface area (Å²) >= 11 is 0. The van der Waals surface area contributed by atoms with Crippen LogP contribution in [0.5, 0.6) is 0 Å². The summed E-state index contributed by atoms with van der Waals surface area (Å²) in [6, 6.07) is 0. The van der Waals surface area contributed by atoms with Gasteiger partial charge in [0.05, 0.1) is 11.7 Å². The molecule has 1 amide bonds. The van der Waals surface area contributed by atoms with Crippen LogP contribution >= 0.6 is 0 Å². The Bertz CT molecular complexity index is 658. The number of carbonyl (C=O) groups excluding carboxylic acids is 1. The minimum atomic E-state index is -0.641. The zero-order valence-corrected chi connectivity index (χ0v) is 21.6. The fourth-order valence-corrected chi connectivity index (χ4v) is 5.28. The topological polar surface area (TPSA) is 60.8 Å². The van der Waals surface area contributed by atoms with Crippen molar-refractivity contribution in [2.45, 2.75) is 122 Å². The number of nitrogens with zero attached hydrogens (tertiary/aromatic N) is 1. The Kier molecular flexibility index (Phi) is 10.0. The highest BCUT2D eigenvalue weighted by Gasteiger charge is 2.43. The lowest BCUT2D eigenvalue weighted by molar-refractivity contribution is -0.134. The summed E-state index contributed by atoms with van der Waals surface area (Å²) in [6.07, 6.45) is 17.0. The van der Waals surface area contributed by atoms with Gasteiger partial charge in [-0.2, -0.15) is 0 Å². The van der Waals surface area contributed by atoms with Gasteiger partial charge in [-0.05, 0) is 84.5 Å². The van der Waals surface area contributed by atoms with Crippen LogP contribution in [0, 0.1) is 17.8 Å². The quantitative estimate of drug-likeness (QED) is 0.284. The highest BCUT2D eigenvalue weighted by Crippen LogP contribution is 2.48. The van der Waals surface area contributed by atoms with E-state index < -0.39 is 5.60 Å². The van der Waals surface area contributed by atoms with Crippen molar-refractivity contribution in [1.82, 2.24) is 4.90 Å². The Labute approximate surface area is 197 Å². The molecule has 4 nitrogen and oxygen atoms in total. The molecule has 2 rings (SSSR count). The third-order valence-corrected chi connectivity index (χ3v) is 7.70. The van der Waals surface area contributed by atoms with Crippen LogP contribution in [0.3, 0.4) is 0 Å². The van der Waals surface area contributed by atoms with E-state index in [0.717, 1.165) is 57.8 Å². The standard InChI is InChI=1S/C28H49NO3/c1-7-8-16-28(5,32)17-12-14-23-24-19-21(18-22(24)20-25(23)30)13-10-9-11-15-26(31)29(6)27(2,3)4/h12,14,18,22-25,30,32H,7-11,13,15-17,19-20H2,1-6H3/b14-12+/t22-,23+,24-,25+,28-/m0/s1. The van der Waals surface area contributed by atoms with Crippen molar-refractivity contribution in [3.63, 3.8) is 0 Å². The van der Waals surface area contributed by atoms with Crippen LogP contribution in [0.25, 0.3) is 0 Å². The van der Waals surface area contributed by atoms with Crippen LogP contribution < -0.4 is 0 Å². The largest absolute Gasteiger partial charge is 0.392 e. The van der Waals surface area contributed by atoms with Crippen LogP contribution in [-0.2, 0) is 4.79 Å². The lowest BCUT2D eigenvalue weighted by Gasteiger charge is -2.32. The van der Waals surface area contributed by atoms with Gasteiger partial charge >= 0.3 is 0 Å². The molecule has 0 radical (unpaired) electrons. The van der Waals surface area contributed by atoms with Gasteiger partial charge in [0.15, 0.2) is 0 Å². The first kappa shape index (κ1) is 27.1. The van der Waals surface area contributed by atoms with Gasteiger partial charge in [0.25, 0.3) is 0 Å². The zero-order valence-electron chi connectivity index (χ0n) is 21.6. The molecule has 184 valence electrons. The van der Waals surface area contributed by atoms with Crippen LogP contribution in [0.4, 0.5) is 0 Å². The van der Waals surface area contributed by atoms with Crippen molar-refractivity contribution in [2.24, 2.45) is 17.8 Å². The van der Waals surface area contributed by atoms with Gasteiger partial charge in [0, 0.05) is 24.9 Å². The van der Waals surface area contributed by atoms with E-state index in [9.17, 15) is 15.0 Å². The lowest BCUT2D eigenvalue weighted by atomic mass is 9.87. The van der Waals surface area contributed by atoms with E-state index in [2.05, 4.69) is 45.9 Å². The molecule has 4 heteroatoms. The Morgan fingerprint density at radius 1 is 1.19 bits per heavy atom. The van der Waals surface area contributed by atoms with E-state index in [0.29, 0.717) is 24.7 Å². The third-order valence-electron chi connectivity index (χ3n) is 7.70. The smallest absolute Gasteiger partial charge is 0.222 e. The molecule has 0 heterocycles. The second kappa shape index (κ2) is 11.8. The number of aliphatic hydroxyl groups excluding tert-OH is 1. The second-order valence-electron chi connectivity index (χ2n) is 11.7. The number of fused-ring (bicyclic) bond motifs is 1. The molecule has 0 aliphatic heterocycles. The Hall–Kier alpha value is -1.13. The van der Waals surface area contributed by atoms with E-state index >= 15 is 0 Å². The lowest BCUT2D eigenvalue weighted by Crippen LogP contribution is -2.42. The maximum Gasteiger partial charge on any atom is 0.222 e. The molecule has 0 bridgehead atoms. The van der Waals surface area contributed by atoms with Gasteiger partial charge in [-0.3, -0.25) is 4.79 Å². The number of aliphatic hydroxyl groups is 2. The molecule has 2 aliphatic carbocycles. The summed E-state index contributed by atoms with van der Waals surface area (Å²) < 4.78 is 0. The average Bonchev–Trinajstić information content (AvgIpc) is 3.22. The molecule has 0 aromatic rings. The van der Waals surface area contributed by atoms with Crippen LogP contribution in [0.15, 0.2) is 23.8 Å². The van der Waals surface area contributed by atoms with Gasteiger partial charge in [0.1, 0.15) is 0 Å². The normalized spacial score (nSPS) is 27.4. The molecule has 0 unspecified atom stereocenters. The van der Waals surface area contributed by atoms with Crippen molar-refractivity contribution >= 4 is 5.91 Å². The number of allylic oxidation sites excluding steroid dienone is 2. The van der Waals surface area contributed by atoms with Crippen molar-refractivity contribution in [3.8, 4) is 0 Å². The highest BCUT2D eigenvalue weighted by atomic mass is 16.3. The Morgan fingerprint density at radius 2 is 1.91 bits per heavy atom. The van der Waals surface area contributed by atoms with Gasteiger partial charge in [-0.15, -0.1) is 0 Å². The number of carbonyl (C=O) groups is 1. The number of rotatable bonds is 12. The summed E-state index contributed by atoms with van der Waals surface area (Å²) in [5.74, 6) is 1.46. The van der Waals surface area contributed by atoms with Gasteiger partial charge in [-0.25, -0.2) is 0 Å². The summed E-state index contributed by atoms with van der Waals surface area (Å²) in [5.41, 5.74) is 0.792. The zero-order chi connectivity index (χ0) is 23.9. The average molecular weight is 448 g/mol. The molecular weight excluding hydrogens is 398 g/mol. The minimum absolute atomic E-state index is 0.107. The number of amides is 1. The number of hydrogen-bond acceptors (Lipinski definition) is 3. The molecule has 1 fully saturated rings. The maximum atomic E-state index is 12.3. The van der Waals surface area contributed by atoms with Crippen molar-refractivity contribution in [1.29, 1.82) is 0 Å². The van der Waals surface area contributed by atoms with E-state index in [1.807, 2.05) is 18.9 Å². The Morgan fingerprint density at radius 3 is 2.56 bits per heavy atom.